The van der Waals surface area contributed by atoms with Gasteiger partial charge >= 0.3 is 0 Å². The molecule has 0 radical (unpaired) electrons. The zero-order valence-corrected chi connectivity index (χ0v) is 14.4. The summed E-state index contributed by atoms with van der Waals surface area (Å²) in [5.41, 5.74) is 2.69. The molecule has 1 N–H and O–H groups in total. The molecule has 2 aromatic heterocycles. The average Bonchev–Trinajstić information content (AvgIpc) is 2.91. The van der Waals surface area contributed by atoms with Gasteiger partial charge < -0.3 is 14.3 Å². The van der Waals surface area contributed by atoms with E-state index in [0.717, 1.165) is 29.9 Å². The van der Waals surface area contributed by atoms with E-state index in [4.69, 9.17) is 9.72 Å². The van der Waals surface area contributed by atoms with Crippen molar-refractivity contribution in [2.75, 3.05) is 19.7 Å². The molecular formula is C18H21N5O2. The van der Waals surface area contributed by atoms with Crippen molar-refractivity contribution < 1.29 is 4.74 Å². The van der Waals surface area contributed by atoms with Crippen molar-refractivity contribution in [3.8, 4) is 0 Å². The van der Waals surface area contributed by atoms with E-state index in [-0.39, 0.29) is 11.7 Å². The Balaban J connectivity index is 1.54. The third-order valence-corrected chi connectivity index (χ3v) is 4.61. The van der Waals surface area contributed by atoms with Crippen LogP contribution < -0.4 is 5.56 Å². The number of imidazole rings is 1. The van der Waals surface area contributed by atoms with Gasteiger partial charge in [-0.1, -0.05) is 12.1 Å². The molecule has 1 unspecified atom stereocenters. The number of aromatic nitrogens is 4. The van der Waals surface area contributed by atoms with Gasteiger partial charge in [0.2, 0.25) is 0 Å². The Morgan fingerprint density at radius 1 is 1.32 bits per heavy atom. The maximum Gasteiger partial charge on any atom is 0.251 e. The first-order valence-corrected chi connectivity index (χ1v) is 8.42. The summed E-state index contributed by atoms with van der Waals surface area (Å²) < 4.78 is 7.98. The lowest BCUT2D eigenvalue weighted by Gasteiger charge is -2.32. The van der Waals surface area contributed by atoms with Gasteiger partial charge in [-0.25, -0.2) is 9.97 Å². The minimum absolute atomic E-state index is 0.140. The Morgan fingerprint density at radius 2 is 2.16 bits per heavy atom. The Bertz CT molecular complexity index is 961. The number of nitrogens with one attached hydrogen (secondary N) is 1. The topological polar surface area (TPSA) is 76.0 Å². The summed E-state index contributed by atoms with van der Waals surface area (Å²) in [6.07, 6.45) is -0.190. The largest absolute Gasteiger partial charge is 0.369 e. The van der Waals surface area contributed by atoms with Crippen LogP contribution in [0.1, 0.15) is 23.4 Å². The van der Waals surface area contributed by atoms with E-state index in [1.165, 1.54) is 6.07 Å². The summed E-state index contributed by atoms with van der Waals surface area (Å²) in [7, 11) is 2.05. The predicted molar refractivity (Wildman–Crippen MR) is 94.3 cm³/mol. The first-order chi connectivity index (χ1) is 12.1. The molecule has 7 nitrogen and oxygen atoms in total. The molecule has 4 rings (SSSR count). The van der Waals surface area contributed by atoms with Crippen LogP contribution in [0, 0.1) is 6.92 Å². The molecule has 1 atom stereocenters. The number of fused-ring (bicyclic) bond motifs is 1. The third-order valence-electron chi connectivity index (χ3n) is 4.61. The fraction of sp³-hybridized carbons (Fsp3) is 0.389. The number of aryl methyl sites for hydroxylation is 2. The maximum atomic E-state index is 11.7. The molecule has 130 valence electrons. The van der Waals surface area contributed by atoms with Gasteiger partial charge in [-0.05, 0) is 19.1 Å². The summed E-state index contributed by atoms with van der Waals surface area (Å²) in [5, 5.41) is 0. The second-order valence-corrected chi connectivity index (χ2v) is 6.43. The van der Waals surface area contributed by atoms with E-state index in [2.05, 4.69) is 25.5 Å². The number of H-pyrrole nitrogens is 1. The van der Waals surface area contributed by atoms with Crippen LogP contribution in [0.2, 0.25) is 0 Å². The quantitative estimate of drug-likeness (QED) is 0.783. The highest BCUT2D eigenvalue weighted by molar-refractivity contribution is 5.75. The number of rotatable bonds is 3. The van der Waals surface area contributed by atoms with Gasteiger partial charge in [0.25, 0.3) is 5.56 Å². The third kappa shape index (κ3) is 3.20. The monoisotopic (exact) mass is 339 g/mol. The molecule has 3 aromatic rings. The van der Waals surface area contributed by atoms with E-state index in [1.54, 1.807) is 6.92 Å². The molecule has 0 bridgehead atoms. The molecule has 1 fully saturated rings. The zero-order valence-electron chi connectivity index (χ0n) is 14.4. The van der Waals surface area contributed by atoms with Gasteiger partial charge in [-0.3, -0.25) is 9.69 Å². The molecular weight excluding hydrogens is 318 g/mol. The van der Waals surface area contributed by atoms with E-state index >= 15 is 0 Å². The van der Waals surface area contributed by atoms with Gasteiger partial charge in [0, 0.05) is 26.2 Å². The lowest BCUT2D eigenvalue weighted by molar-refractivity contribution is -0.0360. The summed E-state index contributed by atoms with van der Waals surface area (Å²) >= 11 is 0. The lowest BCUT2D eigenvalue weighted by atomic mass is 10.2. The standard InChI is InChI=1S/C18H21N5O2/c1-12-19-14(9-18(24)20-12)16-10-23(7-8-25-16)11-17-21-13-5-3-4-6-15(13)22(17)2/h3-6,9,16H,7-8,10-11H2,1-2H3,(H,19,20,24). The first kappa shape index (κ1) is 16.0. The minimum Gasteiger partial charge on any atom is -0.369 e. The van der Waals surface area contributed by atoms with Crippen LogP contribution in [0.4, 0.5) is 0 Å². The molecule has 3 heterocycles. The second-order valence-electron chi connectivity index (χ2n) is 6.43. The first-order valence-electron chi connectivity index (χ1n) is 8.42. The summed E-state index contributed by atoms with van der Waals surface area (Å²) in [4.78, 5) is 25.8. The number of hydrogen-bond donors (Lipinski definition) is 1. The van der Waals surface area contributed by atoms with Crippen molar-refractivity contribution in [2.24, 2.45) is 7.05 Å². The number of aromatic amines is 1. The van der Waals surface area contributed by atoms with Crippen LogP contribution in [0.25, 0.3) is 11.0 Å². The van der Waals surface area contributed by atoms with Crippen LogP contribution in [-0.2, 0) is 18.3 Å². The van der Waals surface area contributed by atoms with Gasteiger partial charge in [-0.15, -0.1) is 0 Å². The Labute approximate surface area is 145 Å². The van der Waals surface area contributed by atoms with Crippen molar-refractivity contribution >= 4 is 11.0 Å². The predicted octanol–water partition coefficient (Wildman–Crippen LogP) is 1.54. The molecule has 7 heteroatoms. The zero-order chi connectivity index (χ0) is 17.4. The fourth-order valence-corrected chi connectivity index (χ4v) is 3.33. The minimum atomic E-state index is -0.190. The van der Waals surface area contributed by atoms with E-state index in [9.17, 15) is 4.79 Å². The van der Waals surface area contributed by atoms with Crippen molar-refractivity contribution in [3.63, 3.8) is 0 Å². The molecule has 0 aliphatic carbocycles. The molecule has 0 spiro atoms. The molecule has 25 heavy (non-hydrogen) atoms. The van der Waals surface area contributed by atoms with Crippen LogP contribution in [0.15, 0.2) is 35.1 Å². The maximum absolute atomic E-state index is 11.7. The summed E-state index contributed by atoms with van der Waals surface area (Å²) in [6.45, 7) is 4.67. The van der Waals surface area contributed by atoms with Gasteiger partial charge in [-0.2, -0.15) is 0 Å². The highest BCUT2D eigenvalue weighted by Gasteiger charge is 2.25. The van der Waals surface area contributed by atoms with Crippen LogP contribution in [0.3, 0.4) is 0 Å². The Hall–Kier alpha value is -2.51. The molecule has 1 aliphatic rings. The van der Waals surface area contributed by atoms with Gasteiger partial charge in [0.1, 0.15) is 17.8 Å². The number of morpholine rings is 1. The summed E-state index contributed by atoms with van der Waals surface area (Å²) in [5.74, 6) is 1.63. The van der Waals surface area contributed by atoms with Crippen LogP contribution in [-0.4, -0.2) is 44.1 Å². The van der Waals surface area contributed by atoms with Crippen molar-refractivity contribution in [3.05, 3.63) is 58.0 Å². The smallest absolute Gasteiger partial charge is 0.251 e. The van der Waals surface area contributed by atoms with Crippen molar-refractivity contribution in [1.29, 1.82) is 0 Å². The SMILES string of the molecule is Cc1nc(C2CN(Cc3nc4ccccc4n3C)CCO2)cc(=O)[nH]1. The van der Waals surface area contributed by atoms with Crippen LogP contribution >= 0.6 is 0 Å². The lowest BCUT2D eigenvalue weighted by Crippen LogP contribution is -2.39. The number of ether oxygens (including phenoxy) is 1. The highest BCUT2D eigenvalue weighted by Crippen LogP contribution is 2.22. The van der Waals surface area contributed by atoms with Crippen LogP contribution in [0.5, 0.6) is 0 Å². The van der Waals surface area contributed by atoms with E-state index in [1.807, 2.05) is 25.2 Å². The Kier molecular flexibility index (Phi) is 4.10. The van der Waals surface area contributed by atoms with E-state index in [0.29, 0.717) is 24.7 Å². The van der Waals surface area contributed by atoms with E-state index < -0.39 is 0 Å². The van der Waals surface area contributed by atoms with Crippen molar-refractivity contribution in [1.82, 2.24) is 24.4 Å². The summed E-state index contributed by atoms with van der Waals surface area (Å²) in [6, 6.07) is 9.67. The highest BCUT2D eigenvalue weighted by atomic mass is 16.5. The second kappa shape index (κ2) is 6.42. The Morgan fingerprint density at radius 3 is 2.96 bits per heavy atom. The average molecular weight is 339 g/mol. The van der Waals surface area contributed by atoms with Crippen molar-refractivity contribution in [2.45, 2.75) is 19.6 Å². The normalized spacial score (nSPS) is 18.7. The van der Waals surface area contributed by atoms with Gasteiger partial charge in [0.05, 0.1) is 29.9 Å². The molecule has 0 saturated carbocycles. The number of benzene rings is 1. The molecule has 0 amide bonds. The molecule has 1 aliphatic heterocycles. The number of para-hydroxylation sites is 2. The number of hydrogen-bond acceptors (Lipinski definition) is 5. The van der Waals surface area contributed by atoms with Gasteiger partial charge in [0.15, 0.2) is 0 Å². The molecule has 1 saturated heterocycles. The fourth-order valence-electron chi connectivity index (χ4n) is 3.33. The molecule has 1 aromatic carbocycles. The number of nitrogens with zero attached hydrogens (tertiary/aromatic N) is 4.